The number of benzene rings is 1. The summed E-state index contributed by atoms with van der Waals surface area (Å²) >= 11 is 0. The molecule has 1 aromatic rings. The fourth-order valence-corrected chi connectivity index (χ4v) is 0.922. The van der Waals surface area contributed by atoms with E-state index < -0.39 is 4.92 Å². The summed E-state index contributed by atoms with van der Waals surface area (Å²) in [6, 6.07) is 4.36. The summed E-state index contributed by atoms with van der Waals surface area (Å²) in [5.74, 6) is 0. The van der Waals surface area contributed by atoms with E-state index in [4.69, 9.17) is 5.73 Å². The lowest BCUT2D eigenvalue weighted by Gasteiger charge is -2.00. The maximum absolute atomic E-state index is 10.3. The molecule has 1 radical (unpaired) electrons. The Morgan fingerprint density at radius 2 is 2.25 bits per heavy atom. The average Bonchev–Trinajstić information content (AvgIpc) is 2.05. The molecule has 0 fully saturated rings. The predicted octanol–water partition coefficient (Wildman–Crippen LogP) is 1.55. The first-order valence-electron chi connectivity index (χ1n) is 3.47. The zero-order valence-electron chi connectivity index (χ0n) is 6.49. The zero-order valence-corrected chi connectivity index (χ0v) is 6.49. The molecular weight excluding hydrogens is 156 g/mol. The molecule has 0 aromatic heterocycles. The van der Waals surface area contributed by atoms with Crippen LogP contribution in [0.15, 0.2) is 18.2 Å². The molecule has 2 N–H and O–H groups in total. The predicted molar refractivity (Wildman–Crippen MR) is 46.6 cm³/mol. The van der Waals surface area contributed by atoms with E-state index in [9.17, 15) is 10.1 Å². The molecule has 0 saturated carbocycles. The van der Waals surface area contributed by atoms with Crippen molar-refractivity contribution in [3.05, 3.63) is 40.8 Å². The van der Waals surface area contributed by atoms with E-state index in [0.717, 1.165) is 0 Å². The van der Waals surface area contributed by atoms with E-state index in [2.05, 4.69) is 6.92 Å². The maximum atomic E-state index is 10.3. The van der Waals surface area contributed by atoms with Crippen LogP contribution in [0.1, 0.15) is 5.56 Å². The van der Waals surface area contributed by atoms with E-state index in [1.54, 1.807) is 0 Å². The van der Waals surface area contributed by atoms with Crippen LogP contribution < -0.4 is 5.73 Å². The second kappa shape index (κ2) is 3.21. The van der Waals surface area contributed by atoms with Gasteiger partial charge in [-0.1, -0.05) is 0 Å². The van der Waals surface area contributed by atoms with Crippen LogP contribution >= 0.6 is 0 Å². The molecule has 1 aromatic carbocycles. The second-order valence-corrected chi connectivity index (χ2v) is 2.39. The van der Waals surface area contributed by atoms with Crippen LogP contribution in [0.5, 0.6) is 0 Å². The SMILES string of the molecule is [CH2]Cc1cc([N+](=O)[O-])ccc1N. The van der Waals surface area contributed by atoms with E-state index in [1.807, 2.05) is 0 Å². The Hall–Kier alpha value is -1.58. The van der Waals surface area contributed by atoms with Crippen molar-refractivity contribution in [2.24, 2.45) is 0 Å². The van der Waals surface area contributed by atoms with E-state index in [-0.39, 0.29) is 5.69 Å². The van der Waals surface area contributed by atoms with Gasteiger partial charge >= 0.3 is 0 Å². The summed E-state index contributed by atoms with van der Waals surface area (Å²) in [6.07, 6.45) is 0.466. The lowest BCUT2D eigenvalue weighted by molar-refractivity contribution is -0.384. The van der Waals surface area contributed by atoms with Crippen LogP contribution in [0.2, 0.25) is 0 Å². The first-order valence-corrected chi connectivity index (χ1v) is 3.47. The van der Waals surface area contributed by atoms with Gasteiger partial charge in [-0.15, -0.1) is 0 Å². The molecule has 0 aliphatic rings. The molecule has 0 bridgehead atoms. The summed E-state index contributed by atoms with van der Waals surface area (Å²) in [5, 5.41) is 10.3. The van der Waals surface area contributed by atoms with Gasteiger partial charge in [0.25, 0.3) is 5.69 Å². The molecule has 0 unspecified atom stereocenters. The lowest BCUT2D eigenvalue weighted by atomic mass is 10.1. The maximum Gasteiger partial charge on any atom is 0.269 e. The van der Waals surface area contributed by atoms with Crippen LogP contribution in [0.4, 0.5) is 11.4 Å². The van der Waals surface area contributed by atoms with Gasteiger partial charge in [0.1, 0.15) is 0 Å². The summed E-state index contributed by atoms with van der Waals surface area (Å²) in [7, 11) is 0. The third kappa shape index (κ3) is 1.53. The smallest absolute Gasteiger partial charge is 0.269 e. The second-order valence-electron chi connectivity index (χ2n) is 2.39. The summed E-state index contributed by atoms with van der Waals surface area (Å²) in [5.41, 5.74) is 6.86. The van der Waals surface area contributed by atoms with Crippen LogP contribution in [0, 0.1) is 17.0 Å². The van der Waals surface area contributed by atoms with Gasteiger partial charge in [-0.3, -0.25) is 10.1 Å². The number of hydrogen-bond acceptors (Lipinski definition) is 3. The molecular formula is C8H9N2O2. The number of nitrogens with two attached hydrogens (primary N) is 1. The monoisotopic (exact) mass is 165 g/mol. The Morgan fingerprint density at radius 3 is 2.75 bits per heavy atom. The Balaban J connectivity index is 3.13. The van der Waals surface area contributed by atoms with Crippen molar-refractivity contribution >= 4 is 11.4 Å². The molecule has 0 aliphatic heterocycles. The molecule has 63 valence electrons. The first kappa shape index (κ1) is 8.52. The summed E-state index contributed by atoms with van der Waals surface area (Å²) < 4.78 is 0. The largest absolute Gasteiger partial charge is 0.398 e. The van der Waals surface area contributed by atoms with Gasteiger partial charge < -0.3 is 5.73 Å². The fourth-order valence-electron chi connectivity index (χ4n) is 0.922. The van der Waals surface area contributed by atoms with Gasteiger partial charge in [-0.05, 0) is 25.0 Å². The van der Waals surface area contributed by atoms with Crippen molar-refractivity contribution in [3.8, 4) is 0 Å². The molecule has 12 heavy (non-hydrogen) atoms. The van der Waals surface area contributed by atoms with Gasteiger partial charge in [0.15, 0.2) is 0 Å². The van der Waals surface area contributed by atoms with Crippen molar-refractivity contribution in [2.45, 2.75) is 6.42 Å². The highest BCUT2D eigenvalue weighted by Gasteiger charge is 2.06. The molecule has 1 rings (SSSR count). The minimum Gasteiger partial charge on any atom is -0.398 e. The van der Waals surface area contributed by atoms with Crippen LogP contribution in [-0.2, 0) is 6.42 Å². The molecule has 4 nitrogen and oxygen atoms in total. The lowest BCUT2D eigenvalue weighted by Crippen LogP contribution is -1.95. The highest BCUT2D eigenvalue weighted by atomic mass is 16.6. The quantitative estimate of drug-likeness (QED) is 0.410. The Labute approximate surface area is 70.2 Å². The van der Waals surface area contributed by atoms with E-state index in [1.165, 1.54) is 18.2 Å². The summed E-state index contributed by atoms with van der Waals surface area (Å²) in [4.78, 5) is 9.88. The first-order chi connectivity index (χ1) is 5.65. The van der Waals surface area contributed by atoms with Crippen LogP contribution in [0.3, 0.4) is 0 Å². The molecule has 0 atom stereocenters. The Morgan fingerprint density at radius 1 is 1.58 bits per heavy atom. The van der Waals surface area contributed by atoms with Crippen molar-refractivity contribution in [3.63, 3.8) is 0 Å². The van der Waals surface area contributed by atoms with Gasteiger partial charge in [0, 0.05) is 17.8 Å². The number of anilines is 1. The standard InChI is InChI=1S/C8H9N2O2/c1-2-6-5-7(10(11)12)3-4-8(6)9/h3-5H,1-2,9H2. The number of hydrogen-bond donors (Lipinski definition) is 1. The van der Waals surface area contributed by atoms with Gasteiger partial charge in [-0.25, -0.2) is 0 Å². The van der Waals surface area contributed by atoms with Gasteiger partial charge in [0.05, 0.1) is 4.92 Å². The van der Waals surface area contributed by atoms with E-state index in [0.29, 0.717) is 17.7 Å². The molecule has 0 heterocycles. The fraction of sp³-hybridized carbons (Fsp3) is 0.125. The van der Waals surface area contributed by atoms with Crippen molar-refractivity contribution in [1.29, 1.82) is 0 Å². The van der Waals surface area contributed by atoms with Gasteiger partial charge in [0.2, 0.25) is 0 Å². The topological polar surface area (TPSA) is 69.2 Å². The van der Waals surface area contributed by atoms with Crippen LogP contribution in [-0.4, -0.2) is 4.92 Å². The van der Waals surface area contributed by atoms with Crippen molar-refractivity contribution in [2.75, 3.05) is 5.73 Å². The van der Waals surface area contributed by atoms with Crippen molar-refractivity contribution in [1.82, 2.24) is 0 Å². The van der Waals surface area contributed by atoms with Gasteiger partial charge in [-0.2, -0.15) is 0 Å². The number of nitro groups is 1. The van der Waals surface area contributed by atoms with E-state index >= 15 is 0 Å². The highest BCUT2D eigenvalue weighted by molar-refractivity contribution is 5.52. The molecule has 0 amide bonds. The number of nitrogens with zero attached hydrogens (tertiary/aromatic N) is 1. The number of nitrogen functional groups attached to an aromatic ring is 1. The summed E-state index contributed by atoms with van der Waals surface area (Å²) in [6.45, 7) is 3.61. The zero-order chi connectivity index (χ0) is 9.14. The number of nitro benzene ring substituents is 1. The molecule has 0 saturated heterocycles. The third-order valence-electron chi connectivity index (χ3n) is 1.61. The normalized spacial score (nSPS) is 9.75. The molecule has 0 aliphatic carbocycles. The average molecular weight is 165 g/mol. The molecule has 0 spiro atoms. The number of rotatable bonds is 2. The minimum absolute atomic E-state index is 0.0582. The molecule has 4 heteroatoms. The van der Waals surface area contributed by atoms with Crippen LogP contribution in [0.25, 0.3) is 0 Å². The number of non-ortho nitro benzene ring substituents is 1. The Kier molecular flexibility index (Phi) is 2.28. The van der Waals surface area contributed by atoms with Crippen molar-refractivity contribution < 1.29 is 4.92 Å². The minimum atomic E-state index is -0.446. The third-order valence-corrected chi connectivity index (χ3v) is 1.61. The highest BCUT2D eigenvalue weighted by Crippen LogP contribution is 2.19. The Bertz CT molecular complexity index is 310.